The highest BCUT2D eigenvalue weighted by Gasteiger charge is 2.31. The summed E-state index contributed by atoms with van der Waals surface area (Å²) in [7, 11) is -3.54. The van der Waals surface area contributed by atoms with E-state index in [0.717, 1.165) is 12.7 Å². The molecule has 1 fully saturated rings. The van der Waals surface area contributed by atoms with E-state index in [4.69, 9.17) is 0 Å². The summed E-state index contributed by atoms with van der Waals surface area (Å²) in [5.74, 6) is -0.409. The van der Waals surface area contributed by atoms with Crippen molar-refractivity contribution >= 4 is 21.5 Å². The Labute approximate surface area is 167 Å². The third-order valence-electron chi connectivity index (χ3n) is 5.11. The van der Waals surface area contributed by atoms with Crippen LogP contribution in [0.4, 0.5) is 4.39 Å². The van der Waals surface area contributed by atoms with Crippen LogP contribution in [-0.2, 0) is 21.1 Å². The molecule has 1 amide bonds. The average Bonchev–Trinajstić information content (AvgIpc) is 3.15. The van der Waals surface area contributed by atoms with Crippen LogP contribution in [0.25, 0.3) is 5.78 Å². The van der Waals surface area contributed by atoms with E-state index in [2.05, 4.69) is 15.1 Å². The first-order valence-electron chi connectivity index (χ1n) is 9.24. The highest BCUT2D eigenvalue weighted by Crippen LogP contribution is 2.31. The lowest BCUT2D eigenvalue weighted by Crippen LogP contribution is -2.40. The van der Waals surface area contributed by atoms with E-state index < -0.39 is 9.84 Å². The molecule has 152 valence electrons. The number of hydrogen-bond acceptors (Lipinski definition) is 6. The van der Waals surface area contributed by atoms with E-state index in [9.17, 15) is 17.6 Å². The number of benzene rings is 1. The second-order valence-electron chi connectivity index (χ2n) is 7.24. The monoisotopic (exact) mass is 417 g/mol. The highest BCUT2D eigenvalue weighted by atomic mass is 32.2. The lowest BCUT2D eigenvalue weighted by molar-refractivity contribution is -0.131. The van der Waals surface area contributed by atoms with Crippen LogP contribution in [0.15, 0.2) is 41.7 Å². The topological polar surface area (TPSA) is 97.5 Å². The van der Waals surface area contributed by atoms with Gasteiger partial charge in [-0.05, 0) is 30.5 Å². The number of likely N-dealkylation sites (tertiary alicyclic amines) is 1. The van der Waals surface area contributed by atoms with Gasteiger partial charge in [0.1, 0.15) is 17.0 Å². The van der Waals surface area contributed by atoms with E-state index in [1.807, 2.05) is 0 Å². The minimum absolute atomic E-state index is 0.0957. The van der Waals surface area contributed by atoms with Gasteiger partial charge < -0.3 is 4.90 Å². The van der Waals surface area contributed by atoms with Gasteiger partial charge in [-0.15, -0.1) is 0 Å². The number of aromatic nitrogens is 4. The van der Waals surface area contributed by atoms with Crippen LogP contribution in [-0.4, -0.2) is 58.2 Å². The maximum Gasteiger partial charge on any atom is 0.252 e. The Hall–Kier alpha value is -2.88. The minimum Gasteiger partial charge on any atom is -0.342 e. The van der Waals surface area contributed by atoms with Gasteiger partial charge in [0.2, 0.25) is 5.91 Å². The molecule has 3 heterocycles. The fourth-order valence-corrected chi connectivity index (χ4v) is 4.68. The van der Waals surface area contributed by atoms with E-state index >= 15 is 0 Å². The van der Waals surface area contributed by atoms with Crippen molar-refractivity contribution < 1.29 is 17.6 Å². The van der Waals surface area contributed by atoms with Crippen LogP contribution in [0.3, 0.4) is 0 Å². The zero-order chi connectivity index (χ0) is 20.6. The number of amides is 1. The summed E-state index contributed by atoms with van der Waals surface area (Å²) in [6.45, 7) is 0.931. The Morgan fingerprint density at radius 1 is 1.31 bits per heavy atom. The lowest BCUT2D eigenvalue weighted by atomic mass is 9.94. The molecule has 29 heavy (non-hydrogen) atoms. The van der Waals surface area contributed by atoms with Crippen molar-refractivity contribution in [3.63, 3.8) is 0 Å². The molecular formula is C19H20FN5O3S. The van der Waals surface area contributed by atoms with Crippen molar-refractivity contribution in [2.45, 2.75) is 30.1 Å². The van der Waals surface area contributed by atoms with Gasteiger partial charge in [0.15, 0.2) is 9.84 Å². The zero-order valence-corrected chi connectivity index (χ0v) is 16.6. The van der Waals surface area contributed by atoms with Crippen molar-refractivity contribution in [3.05, 3.63) is 53.9 Å². The Balaban J connectivity index is 1.63. The van der Waals surface area contributed by atoms with Crippen molar-refractivity contribution in [1.29, 1.82) is 0 Å². The normalized spacial score (nSPS) is 17.6. The van der Waals surface area contributed by atoms with E-state index in [1.54, 1.807) is 17.0 Å². The van der Waals surface area contributed by atoms with Gasteiger partial charge in [0, 0.05) is 25.3 Å². The van der Waals surface area contributed by atoms with Crippen molar-refractivity contribution in [1.82, 2.24) is 24.5 Å². The van der Waals surface area contributed by atoms with Gasteiger partial charge in [0.05, 0.1) is 18.3 Å². The van der Waals surface area contributed by atoms with Crippen LogP contribution < -0.4 is 0 Å². The summed E-state index contributed by atoms with van der Waals surface area (Å²) in [4.78, 5) is 22.7. The summed E-state index contributed by atoms with van der Waals surface area (Å²) in [5, 5.41) is 4.15. The molecule has 3 aromatic rings. The number of fused-ring (bicyclic) bond motifs is 1. The second-order valence-corrected chi connectivity index (χ2v) is 9.22. The molecule has 1 aromatic carbocycles. The predicted octanol–water partition coefficient (Wildman–Crippen LogP) is 1.62. The smallest absolute Gasteiger partial charge is 0.252 e. The largest absolute Gasteiger partial charge is 0.342 e. The molecule has 1 saturated heterocycles. The first-order chi connectivity index (χ1) is 13.8. The molecule has 1 aliphatic heterocycles. The molecule has 0 spiro atoms. The number of hydrogen-bond donors (Lipinski definition) is 0. The van der Waals surface area contributed by atoms with Gasteiger partial charge in [-0.3, -0.25) is 4.79 Å². The predicted molar refractivity (Wildman–Crippen MR) is 103 cm³/mol. The molecule has 1 aliphatic rings. The van der Waals surface area contributed by atoms with Gasteiger partial charge >= 0.3 is 0 Å². The van der Waals surface area contributed by atoms with Gasteiger partial charge in [-0.25, -0.2) is 17.8 Å². The number of rotatable bonds is 4. The van der Waals surface area contributed by atoms with Crippen molar-refractivity contribution in [2.24, 2.45) is 0 Å². The standard InChI is InChI=1S/C19H20FN5O3S/c1-29(27,28)16-10-21-19-22-12-23-25(19)18(16)14-5-3-7-24(11-14)17(26)9-13-4-2-6-15(20)8-13/h2,4,6,8,10,12,14H,3,5,7,9,11H2,1H3. The highest BCUT2D eigenvalue weighted by molar-refractivity contribution is 7.90. The Kier molecular flexibility index (Phi) is 5.03. The molecule has 0 aliphatic carbocycles. The quantitative estimate of drug-likeness (QED) is 0.640. The van der Waals surface area contributed by atoms with Crippen molar-refractivity contribution in [3.8, 4) is 0 Å². The molecule has 4 rings (SSSR count). The Bertz CT molecular complexity index is 1180. The number of carbonyl (C=O) groups excluding carboxylic acids is 1. The van der Waals surface area contributed by atoms with E-state index in [-0.39, 0.29) is 29.0 Å². The van der Waals surface area contributed by atoms with Crippen molar-refractivity contribution in [2.75, 3.05) is 19.3 Å². The molecule has 10 heteroatoms. The first kappa shape index (κ1) is 19.4. The van der Waals surface area contributed by atoms with Crippen LogP contribution in [0.2, 0.25) is 0 Å². The number of sulfone groups is 1. The third-order valence-corrected chi connectivity index (χ3v) is 6.23. The summed E-state index contributed by atoms with van der Waals surface area (Å²) in [5.41, 5.74) is 1.11. The number of piperidine rings is 1. The molecule has 1 unspecified atom stereocenters. The Morgan fingerprint density at radius 3 is 2.90 bits per heavy atom. The summed E-state index contributed by atoms with van der Waals surface area (Å²) < 4.78 is 39.5. The molecule has 1 atom stereocenters. The fourth-order valence-electron chi connectivity index (χ4n) is 3.80. The minimum atomic E-state index is -3.54. The summed E-state index contributed by atoms with van der Waals surface area (Å²) in [6, 6.07) is 5.98. The molecule has 0 N–H and O–H groups in total. The van der Waals surface area contributed by atoms with E-state index in [0.29, 0.717) is 36.5 Å². The maximum absolute atomic E-state index is 13.4. The van der Waals surface area contributed by atoms with Crippen LogP contribution in [0, 0.1) is 5.82 Å². The van der Waals surface area contributed by atoms with Crippen LogP contribution in [0.1, 0.15) is 30.0 Å². The fraction of sp³-hybridized carbons (Fsp3) is 0.368. The van der Waals surface area contributed by atoms with Gasteiger partial charge in [0.25, 0.3) is 5.78 Å². The first-order valence-corrected chi connectivity index (χ1v) is 11.1. The zero-order valence-electron chi connectivity index (χ0n) is 15.8. The SMILES string of the molecule is CS(=O)(=O)c1cnc2ncnn2c1C1CCCN(C(=O)Cc2cccc(F)c2)C1. The number of carbonyl (C=O) groups is 1. The molecule has 0 radical (unpaired) electrons. The molecule has 8 nitrogen and oxygen atoms in total. The van der Waals surface area contributed by atoms with Crippen LogP contribution in [0.5, 0.6) is 0 Å². The molecular weight excluding hydrogens is 397 g/mol. The maximum atomic E-state index is 13.4. The molecule has 0 bridgehead atoms. The van der Waals surface area contributed by atoms with E-state index in [1.165, 1.54) is 29.2 Å². The average molecular weight is 417 g/mol. The van der Waals surface area contributed by atoms with Gasteiger partial charge in [-0.1, -0.05) is 12.1 Å². The van der Waals surface area contributed by atoms with Gasteiger partial charge in [-0.2, -0.15) is 14.6 Å². The lowest BCUT2D eigenvalue weighted by Gasteiger charge is -2.33. The van der Waals surface area contributed by atoms with Crippen LogP contribution >= 0.6 is 0 Å². The summed E-state index contributed by atoms with van der Waals surface area (Å²) >= 11 is 0. The number of halogens is 1. The number of nitrogens with zero attached hydrogens (tertiary/aromatic N) is 5. The molecule has 2 aromatic heterocycles. The summed E-state index contributed by atoms with van der Waals surface area (Å²) in [6.07, 6.45) is 5.30. The second kappa shape index (κ2) is 7.51. The molecule has 0 saturated carbocycles. The third kappa shape index (κ3) is 3.98. The Morgan fingerprint density at radius 2 is 2.14 bits per heavy atom.